The molecule has 2 fully saturated rings. The molecule has 1 aromatic carbocycles. The first-order chi connectivity index (χ1) is 10.7. The summed E-state index contributed by atoms with van der Waals surface area (Å²) < 4.78 is 0.627. The van der Waals surface area contributed by atoms with Crippen LogP contribution < -0.4 is 5.32 Å². The highest BCUT2D eigenvalue weighted by Crippen LogP contribution is 2.45. The summed E-state index contributed by atoms with van der Waals surface area (Å²) in [5, 5.41) is 14.6. The number of hydrogen-bond donors (Lipinski definition) is 2. The highest BCUT2D eigenvalue weighted by atomic mass is 79.9. The predicted octanol–water partition coefficient (Wildman–Crippen LogP) is 5.18. The summed E-state index contributed by atoms with van der Waals surface area (Å²) in [6, 6.07) is 4.22. The van der Waals surface area contributed by atoms with Gasteiger partial charge < -0.3 is 10.4 Å². The van der Waals surface area contributed by atoms with E-state index in [1.54, 1.807) is 0 Å². The monoisotopic (exact) mass is 458 g/mol. The maximum absolute atomic E-state index is 10.6. The van der Waals surface area contributed by atoms with Crippen molar-refractivity contribution in [2.24, 2.45) is 5.92 Å². The lowest BCUT2D eigenvalue weighted by Crippen LogP contribution is -2.47. The Morgan fingerprint density at radius 3 is 2.38 bits per heavy atom. The standard InChI is InChI=1S/C17H24BrClN2O.2ClH/c18-15-14(19)7-6-13(17(15)22)16(12-4-2-1-3-5-12)21-10-8-20-9-11-21;;/h6-7,12,16,20,22H,1-5,8-11H2;2*1H/t16-;;/m1../s1. The van der Waals surface area contributed by atoms with Crippen LogP contribution in [0.5, 0.6) is 5.75 Å². The van der Waals surface area contributed by atoms with Crippen LogP contribution in [-0.4, -0.2) is 36.2 Å². The van der Waals surface area contributed by atoms with Gasteiger partial charge in [0.15, 0.2) is 0 Å². The third kappa shape index (κ3) is 4.93. The fourth-order valence-corrected chi connectivity index (χ4v) is 4.47. The number of phenols is 1. The van der Waals surface area contributed by atoms with Crippen LogP contribution >= 0.6 is 52.3 Å². The quantitative estimate of drug-likeness (QED) is 0.653. The molecule has 7 heteroatoms. The van der Waals surface area contributed by atoms with E-state index in [-0.39, 0.29) is 24.8 Å². The van der Waals surface area contributed by atoms with Crippen LogP contribution in [0.1, 0.15) is 43.7 Å². The fraction of sp³-hybridized carbons (Fsp3) is 0.647. The minimum absolute atomic E-state index is 0. The number of hydrogen-bond acceptors (Lipinski definition) is 3. The van der Waals surface area contributed by atoms with Gasteiger partial charge in [0, 0.05) is 37.8 Å². The first-order valence-electron chi connectivity index (χ1n) is 8.30. The van der Waals surface area contributed by atoms with E-state index < -0.39 is 0 Å². The van der Waals surface area contributed by atoms with Gasteiger partial charge in [0.25, 0.3) is 0 Å². The van der Waals surface area contributed by atoms with E-state index >= 15 is 0 Å². The predicted molar refractivity (Wildman–Crippen MR) is 109 cm³/mol. The molecule has 2 N–H and O–H groups in total. The maximum atomic E-state index is 10.6. The number of aromatic hydroxyl groups is 1. The summed E-state index contributed by atoms with van der Waals surface area (Å²) >= 11 is 9.57. The third-order valence-corrected chi connectivity index (χ3v) is 6.41. The molecular formula is C17H26BrCl3N2O. The number of halogens is 4. The molecule has 1 saturated carbocycles. The second-order valence-corrected chi connectivity index (χ2v) is 7.63. The van der Waals surface area contributed by atoms with Crippen LogP contribution in [0.2, 0.25) is 5.02 Å². The average molecular weight is 461 g/mol. The van der Waals surface area contributed by atoms with E-state index in [9.17, 15) is 5.11 Å². The Morgan fingerprint density at radius 1 is 1.12 bits per heavy atom. The van der Waals surface area contributed by atoms with Crippen molar-refractivity contribution in [3.63, 3.8) is 0 Å². The lowest BCUT2D eigenvalue weighted by molar-refractivity contribution is 0.101. The molecule has 1 aliphatic heterocycles. The first kappa shape index (κ1) is 22.3. The topological polar surface area (TPSA) is 35.5 Å². The van der Waals surface area contributed by atoms with Crippen molar-refractivity contribution in [2.45, 2.75) is 38.1 Å². The lowest BCUT2D eigenvalue weighted by Gasteiger charge is -2.41. The zero-order valence-electron chi connectivity index (χ0n) is 13.6. The normalized spacial score (nSPS) is 20.8. The van der Waals surface area contributed by atoms with Gasteiger partial charge in [0.2, 0.25) is 0 Å². The smallest absolute Gasteiger partial charge is 0.136 e. The summed E-state index contributed by atoms with van der Waals surface area (Å²) in [6.45, 7) is 4.14. The van der Waals surface area contributed by atoms with E-state index in [1.807, 2.05) is 12.1 Å². The van der Waals surface area contributed by atoms with Crippen molar-refractivity contribution in [3.05, 3.63) is 27.2 Å². The maximum Gasteiger partial charge on any atom is 0.136 e. The van der Waals surface area contributed by atoms with Crippen molar-refractivity contribution in [2.75, 3.05) is 26.2 Å². The highest BCUT2D eigenvalue weighted by molar-refractivity contribution is 9.10. The largest absolute Gasteiger partial charge is 0.506 e. The highest BCUT2D eigenvalue weighted by Gasteiger charge is 2.33. The van der Waals surface area contributed by atoms with Gasteiger partial charge in [-0.2, -0.15) is 0 Å². The van der Waals surface area contributed by atoms with Crippen LogP contribution in [0.4, 0.5) is 0 Å². The Hall–Kier alpha value is 0.290. The number of nitrogens with one attached hydrogen (secondary N) is 1. The summed E-state index contributed by atoms with van der Waals surface area (Å²) in [7, 11) is 0. The van der Waals surface area contributed by atoms with E-state index in [4.69, 9.17) is 11.6 Å². The van der Waals surface area contributed by atoms with Crippen LogP contribution in [0.25, 0.3) is 0 Å². The molecule has 0 spiro atoms. The van der Waals surface area contributed by atoms with Gasteiger partial charge in [0.05, 0.1) is 9.50 Å². The Labute approximate surface area is 170 Å². The lowest BCUT2D eigenvalue weighted by atomic mass is 9.80. The van der Waals surface area contributed by atoms with Crippen molar-refractivity contribution < 1.29 is 5.11 Å². The van der Waals surface area contributed by atoms with E-state index in [2.05, 4.69) is 26.1 Å². The molecule has 1 saturated heterocycles. The minimum Gasteiger partial charge on any atom is -0.506 e. The fourth-order valence-electron chi connectivity index (χ4n) is 3.95. The molecule has 0 amide bonds. The molecule has 138 valence electrons. The SMILES string of the molecule is Cl.Cl.Oc1c([C@@H](C2CCCCC2)N2CCNCC2)ccc(Cl)c1Br. The first-order valence-corrected chi connectivity index (χ1v) is 9.47. The third-order valence-electron chi connectivity index (χ3n) is 5.06. The number of piperazine rings is 1. The molecule has 1 aromatic rings. The van der Waals surface area contributed by atoms with Gasteiger partial charge >= 0.3 is 0 Å². The number of benzene rings is 1. The molecule has 0 aromatic heterocycles. The molecule has 0 unspecified atom stereocenters. The second kappa shape index (κ2) is 10.4. The number of rotatable bonds is 3. The summed E-state index contributed by atoms with van der Waals surface area (Å²) in [4.78, 5) is 2.54. The van der Waals surface area contributed by atoms with Crippen molar-refractivity contribution >= 4 is 52.3 Å². The second-order valence-electron chi connectivity index (χ2n) is 6.43. The minimum atomic E-state index is 0. The molecule has 1 heterocycles. The van der Waals surface area contributed by atoms with Gasteiger partial charge in [-0.05, 0) is 40.8 Å². The Bertz CT molecular complexity index is 503. The average Bonchev–Trinajstić information content (AvgIpc) is 2.57. The van der Waals surface area contributed by atoms with E-state index in [1.165, 1.54) is 32.1 Å². The molecule has 1 aliphatic carbocycles. The van der Waals surface area contributed by atoms with E-state index in [0.29, 0.717) is 27.2 Å². The van der Waals surface area contributed by atoms with Gasteiger partial charge in [-0.15, -0.1) is 24.8 Å². The van der Waals surface area contributed by atoms with Gasteiger partial charge in [-0.25, -0.2) is 0 Å². The van der Waals surface area contributed by atoms with Crippen LogP contribution in [0.15, 0.2) is 16.6 Å². The summed E-state index contributed by atoms with van der Waals surface area (Å²) in [5.74, 6) is 0.951. The molecule has 3 rings (SSSR count). The number of phenolic OH excluding ortho intramolecular Hbond substituents is 1. The molecule has 24 heavy (non-hydrogen) atoms. The Balaban J connectivity index is 0.00000144. The Morgan fingerprint density at radius 2 is 1.75 bits per heavy atom. The van der Waals surface area contributed by atoms with Gasteiger partial charge in [-0.1, -0.05) is 36.9 Å². The zero-order chi connectivity index (χ0) is 15.5. The van der Waals surface area contributed by atoms with Crippen molar-refractivity contribution in [1.82, 2.24) is 10.2 Å². The van der Waals surface area contributed by atoms with E-state index in [0.717, 1.165) is 31.7 Å². The van der Waals surface area contributed by atoms with Crippen LogP contribution in [0, 0.1) is 5.92 Å². The Kier molecular flexibility index (Phi) is 9.72. The number of nitrogens with zero attached hydrogens (tertiary/aromatic N) is 1. The van der Waals surface area contributed by atoms with Gasteiger partial charge in [-0.3, -0.25) is 4.90 Å². The van der Waals surface area contributed by atoms with Crippen molar-refractivity contribution in [3.8, 4) is 5.75 Å². The molecule has 1 atom stereocenters. The molecule has 0 bridgehead atoms. The van der Waals surface area contributed by atoms with Gasteiger partial charge in [0.1, 0.15) is 5.75 Å². The van der Waals surface area contributed by atoms with Crippen LogP contribution in [-0.2, 0) is 0 Å². The summed E-state index contributed by atoms with van der Waals surface area (Å²) in [6.07, 6.45) is 6.48. The zero-order valence-corrected chi connectivity index (χ0v) is 17.6. The summed E-state index contributed by atoms with van der Waals surface area (Å²) in [5.41, 5.74) is 1.03. The molecule has 3 nitrogen and oxygen atoms in total. The van der Waals surface area contributed by atoms with Crippen molar-refractivity contribution in [1.29, 1.82) is 0 Å². The molecule has 0 radical (unpaired) electrons. The molecular weight excluding hydrogens is 434 g/mol. The van der Waals surface area contributed by atoms with Crippen LogP contribution in [0.3, 0.4) is 0 Å². The molecule has 2 aliphatic rings.